The molecular weight excluding hydrogens is 348 g/mol. The molecule has 0 amide bonds. The van der Waals surface area contributed by atoms with E-state index in [1.165, 1.54) is 24.3 Å². The van der Waals surface area contributed by atoms with E-state index in [0.717, 1.165) is 18.2 Å². The van der Waals surface area contributed by atoms with E-state index in [1.54, 1.807) is 12.1 Å². The SMILES string of the molecule is CC[C@@H](C)c1ccc(OS(=O)(=O)c2ccc(S(C)(=O)=O)cc2)cc1. The van der Waals surface area contributed by atoms with Gasteiger partial charge in [0.2, 0.25) is 0 Å². The second-order valence-electron chi connectivity index (χ2n) is 5.66. The monoisotopic (exact) mass is 368 g/mol. The van der Waals surface area contributed by atoms with Gasteiger partial charge in [-0.25, -0.2) is 8.42 Å². The molecule has 0 spiro atoms. The molecule has 2 aromatic carbocycles. The van der Waals surface area contributed by atoms with Crippen LogP contribution < -0.4 is 4.18 Å². The van der Waals surface area contributed by atoms with Crippen LogP contribution in [0.3, 0.4) is 0 Å². The van der Waals surface area contributed by atoms with Gasteiger partial charge in [-0.1, -0.05) is 26.0 Å². The Hall–Kier alpha value is -1.86. The van der Waals surface area contributed by atoms with Gasteiger partial charge in [-0.15, -0.1) is 0 Å². The summed E-state index contributed by atoms with van der Waals surface area (Å²) < 4.78 is 52.5. The summed E-state index contributed by atoms with van der Waals surface area (Å²) >= 11 is 0. The van der Waals surface area contributed by atoms with Crippen molar-refractivity contribution in [3.05, 3.63) is 54.1 Å². The molecule has 5 nitrogen and oxygen atoms in total. The number of sulfone groups is 1. The van der Waals surface area contributed by atoms with Gasteiger partial charge in [-0.3, -0.25) is 0 Å². The average molecular weight is 368 g/mol. The lowest BCUT2D eigenvalue weighted by atomic mass is 9.99. The lowest BCUT2D eigenvalue weighted by Crippen LogP contribution is -2.10. The molecule has 0 heterocycles. The first-order valence-corrected chi connectivity index (χ1v) is 10.8. The maximum atomic E-state index is 12.3. The Kier molecular flexibility index (Phi) is 5.35. The normalized spacial score (nSPS) is 13.5. The van der Waals surface area contributed by atoms with Crippen molar-refractivity contribution in [1.29, 1.82) is 0 Å². The summed E-state index contributed by atoms with van der Waals surface area (Å²) in [5, 5.41) is 0. The highest BCUT2D eigenvalue weighted by Gasteiger charge is 2.18. The number of benzene rings is 2. The molecule has 2 rings (SSSR count). The maximum Gasteiger partial charge on any atom is 0.339 e. The fourth-order valence-electron chi connectivity index (χ4n) is 2.12. The summed E-state index contributed by atoms with van der Waals surface area (Å²) in [6, 6.07) is 11.8. The van der Waals surface area contributed by atoms with Crippen molar-refractivity contribution in [2.75, 3.05) is 6.26 Å². The summed E-state index contributed by atoms with van der Waals surface area (Å²) in [4.78, 5) is -0.0414. The Bertz CT molecular complexity index is 896. The van der Waals surface area contributed by atoms with Crippen LogP contribution in [0.5, 0.6) is 5.75 Å². The van der Waals surface area contributed by atoms with E-state index < -0.39 is 20.0 Å². The van der Waals surface area contributed by atoms with Gasteiger partial charge in [0.05, 0.1) is 4.90 Å². The Labute approximate surface area is 143 Å². The first-order valence-electron chi connectivity index (χ1n) is 7.48. The van der Waals surface area contributed by atoms with E-state index >= 15 is 0 Å². The van der Waals surface area contributed by atoms with Crippen LogP contribution in [0, 0.1) is 0 Å². The molecule has 0 radical (unpaired) electrons. The first-order chi connectivity index (χ1) is 11.1. The van der Waals surface area contributed by atoms with Crippen LogP contribution in [0.15, 0.2) is 58.3 Å². The van der Waals surface area contributed by atoms with E-state index in [1.807, 2.05) is 12.1 Å². The number of rotatable bonds is 6. The van der Waals surface area contributed by atoms with Gasteiger partial charge >= 0.3 is 10.1 Å². The smallest absolute Gasteiger partial charge is 0.339 e. The summed E-state index contributed by atoms with van der Waals surface area (Å²) in [6.07, 6.45) is 2.05. The Morgan fingerprint density at radius 2 is 1.38 bits per heavy atom. The third-order valence-corrected chi connectivity index (χ3v) is 6.20. The molecule has 0 aromatic heterocycles. The zero-order valence-electron chi connectivity index (χ0n) is 13.8. The molecular formula is C17H20O5S2. The minimum Gasteiger partial charge on any atom is -0.379 e. The highest BCUT2D eigenvalue weighted by Crippen LogP contribution is 2.24. The highest BCUT2D eigenvalue weighted by atomic mass is 32.2. The van der Waals surface area contributed by atoms with Crippen LogP contribution in [0.4, 0.5) is 0 Å². The van der Waals surface area contributed by atoms with Crippen LogP contribution in [-0.2, 0) is 20.0 Å². The lowest BCUT2D eigenvalue weighted by Gasteiger charge is -2.11. The van der Waals surface area contributed by atoms with E-state index in [0.29, 0.717) is 5.92 Å². The van der Waals surface area contributed by atoms with Crippen molar-refractivity contribution in [2.24, 2.45) is 0 Å². The van der Waals surface area contributed by atoms with Crippen LogP contribution in [-0.4, -0.2) is 23.1 Å². The fraction of sp³-hybridized carbons (Fsp3) is 0.294. The average Bonchev–Trinajstić information content (AvgIpc) is 2.54. The summed E-state index contributed by atoms with van der Waals surface area (Å²) in [6.45, 7) is 4.18. The molecule has 0 aliphatic rings. The van der Waals surface area contributed by atoms with E-state index in [2.05, 4.69) is 13.8 Å². The molecule has 2 aromatic rings. The molecule has 0 fully saturated rings. The van der Waals surface area contributed by atoms with E-state index in [9.17, 15) is 16.8 Å². The predicted octanol–water partition coefficient (Wildman–Crippen LogP) is 3.37. The van der Waals surface area contributed by atoms with Crippen molar-refractivity contribution in [3.8, 4) is 5.75 Å². The minimum atomic E-state index is -4.01. The summed E-state index contributed by atoms with van der Waals surface area (Å²) in [5.41, 5.74) is 1.11. The van der Waals surface area contributed by atoms with Gasteiger partial charge in [0.15, 0.2) is 9.84 Å². The molecule has 1 atom stereocenters. The van der Waals surface area contributed by atoms with Crippen molar-refractivity contribution in [1.82, 2.24) is 0 Å². The van der Waals surface area contributed by atoms with Crippen LogP contribution in [0.2, 0.25) is 0 Å². The van der Waals surface area contributed by atoms with Gasteiger partial charge in [0, 0.05) is 6.26 Å². The highest BCUT2D eigenvalue weighted by molar-refractivity contribution is 7.90. The number of hydrogen-bond acceptors (Lipinski definition) is 5. The van der Waals surface area contributed by atoms with Gasteiger partial charge in [0.25, 0.3) is 0 Å². The molecule has 0 saturated carbocycles. The topological polar surface area (TPSA) is 77.5 Å². The molecule has 0 N–H and O–H groups in total. The standard InChI is InChI=1S/C17H20O5S2/c1-4-13(2)14-5-7-15(8-6-14)22-24(20,21)17-11-9-16(10-12-17)23(3,18)19/h5-13H,4H2,1-3H3/t13-/m1/s1. The van der Waals surface area contributed by atoms with E-state index in [4.69, 9.17) is 4.18 Å². The van der Waals surface area contributed by atoms with Gasteiger partial charge in [-0.2, -0.15) is 8.42 Å². The molecule has 7 heteroatoms. The van der Waals surface area contributed by atoms with Crippen LogP contribution in [0.1, 0.15) is 31.7 Å². The van der Waals surface area contributed by atoms with Crippen LogP contribution >= 0.6 is 0 Å². The van der Waals surface area contributed by atoms with Crippen molar-refractivity contribution >= 4 is 20.0 Å². The zero-order valence-corrected chi connectivity index (χ0v) is 15.4. The van der Waals surface area contributed by atoms with Gasteiger partial charge in [-0.05, 0) is 54.3 Å². The second-order valence-corrected chi connectivity index (χ2v) is 9.22. The van der Waals surface area contributed by atoms with Gasteiger partial charge in [0.1, 0.15) is 10.6 Å². The second kappa shape index (κ2) is 6.94. The molecule has 0 aliphatic carbocycles. The summed E-state index contributed by atoms with van der Waals surface area (Å²) in [7, 11) is -7.38. The minimum absolute atomic E-state index is 0.0550. The third kappa shape index (κ3) is 4.36. The Balaban J connectivity index is 2.22. The quantitative estimate of drug-likeness (QED) is 0.731. The summed E-state index contributed by atoms with van der Waals surface area (Å²) in [5.74, 6) is 0.605. The molecule has 24 heavy (non-hydrogen) atoms. The molecule has 0 aliphatic heterocycles. The van der Waals surface area contributed by atoms with Crippen LogP contribution in [0.25, 0.3) is 0 Å². The Morgan fingerprint density at radius 3 is 1.83 bits per heavy atom. The third-order valence-electron chi connectivity index (χ3n) is 3.81. The number of hydrogen-bond donors (Lipinski definition) is 0. The fourth-order valence-corrected chi connectivity index (χ4v) is 3.68. The molecule has 130 valence electrons. The molecule has 0 bridgehead atoms. The lowest BCUT2D eigenvalue weighted by molar-refractivity contribution is 0.485. The maximum absolute atomic E-state index is 12.3. The van der Waals surface area contributed by atoms with E-state index in [-0.39, 0.29) is 15.5 Å². The first kappa shape index (κ1) is 18.5. The van der Waals surface area contributed by atoms with Crippen molar-refractivity contribution < 1.29 is 21.0 Å². The molecule has 0 unspecified atom stereocenters. The van der Waals surface area contributed by atoms with Crippen molar-refractivity contribution in [2.45, 2.75) is 36.0 Å². The van der Waals surface area contributed by atoms with Crippen molar-refractivity contribution in [3.63, 3.8) is 0 Å². The Morgan fingerprint density at radius 1 is 0.875 bits per heavy atom. The zero-order chi connectivity index (χ0) is 18.0. The predicted molar refractivity (Wildman–Crippen MR) is 92.5 cm³/mol. The van der Waals surface area contributed by atoms with Gasteiger partial charge < -0.3 is 4.18 Å². The largest absolute Gasteiger partial charge is 0.379 e. The molecule has 0 saturated heterocycles.